The molecule has 4 aromatic carbocycles. The van der Waals surface area contributed by atoms with Crippen LogP contribution in [0.3, 0.4) is 0 Å². The van der Waals surface area contributed by atoms with Gasteiger partial charge in [0, 0.05) is 23.5 Å². The van der Waals surface area contributed by atoms with Crippen LogP contribution in [0.25, 0.3) is 21.8 Å². The number of para-hydroxylation sites is 1. The second-order valence-corrected chi connectivity index (χ2v) is 11.7. The molecule has 2 heterocycles. The summed E-state index contributed by atoms with van der Waals surface area (Å²) in [6.07, 6.45) is 6.73. The van der Waals surface area contributed by atoms with Gasteiger partial charge in [-0.1, -0.05) is 70.2 Å². The van der Waals surface area contributed by atoms with Crippen LogP contribution in [0.15, 0.2) is 103 Å². The lowest BCUT2D eigenvalue weighted by Gasteiger charge is -2.30. The first kappa shape index (κ1) is 26.8. The zero-order valence-corrected chi connectivity index (χ0v) is 24.5. The van der Waals surface area contributed by atoms with E-state index in [-0.39, 0.29) is 29.0 Å². The Morgan fingerprint density at radius 1 is 0.698 bits per heavy atom. The molecule has 0 amide bonds. The number of rotatable bonds is 4. The van der Waals surface area contributed by atoms with Crippen LogP contribution in [0, 0.1) is 0 Å². The number of Topliss-reactive ketones (excluding diaryl/α,β-unsaturated/α-hetero) is 2. The molecule has 0 unspecified atom stereocenters. The topological polar surface area (TPSA) is 66.4 Å². The van der Waals surface area contributed by atoms with Gasteiger partial charge in [-0.3, -0.25) is 24.5 Å². The minimum absolute atomic E-state index is 0.122. The summed E-state index contributed by atoms with van der Waals surface area (Å²) in [5.74, 6) is 0.515. The smallest absolute Gasteiger partial charge is 0.236 e. The Morgan fingerprint density at radius 3 is 1.77 bits per heavy atom. The Labute approximate surface area is 251 Å². The van der Waals surface area contributed by atoms with Crippen LogP contribution in [0.5, 0.6) is 0 Å². The van der Waals surface area contributed by atoms with Crippen molar-refractivity contribution in [3.05, 3.63) is 125 Å². The Kier molecular flexibility index (Phi) is 6.27. The van der Waals surface area contributed by atoms with Crippen molar-refractivity contribution in [2.45, 2.75) is 39.5 Å². The fourth-order valence-electron chi connectivity index (χ4n) is 6.19. The zero-order valence-electron chi connectivity index (χ0n) is 24.5. The van der Waals surface area contributed by atoms with Crippen LogP contribution in [-0.2, 0) is 0 Å². The maximum absolute atomic E-state index is 13.6. The number of ketones is 2. The predicted molar refractivity (Wildman–Crippen MR) is 173 cm³/mol. The van der Waals surface area contributed by atoms with Crippen molar-refractivity contribution in [2.75, 3.05) is 9.71 Å². The highest BCUT2D eigenvalue weighted by Crippen LogP contribution is 2.50. The van der Waals surface area contributed by atoms with Gasteiger partial charge in [0.25, 0.3) is 0 Å². The molecule has 0 saturated carbocycles. The van der Waals surface area contributed by atoms with Gasteiger partial charge in [-0.15, -0.1) is 0 Å². The summed E-state index contributed by atoms with van der Waals surface area (Å²) in [6, 6.07) is 21.7. The van der Waals surface area contributed by atoms with Crippen LogP contribution < -0.4 is 9.71 Å². The predicted octanol–water partition coefficient (Wildman–Crippen LogP) is 7.92. The number of hydrogen-bond acceptors (Lipinski definition) is 6. The van der Waals surface area contributed by atoms with Crippen LogP contribution in [-0.4, -0.2) is 29.5 Å². The average Bonchev–Trinajstić information content (AvgIpc) is 3.40. The van der Waals surface area contributed by atoms with Gasteiger partial charge >= 0.3 is 0 Å². The molecule has 43 heavy (non-hydrogen) atoms. The number of allylic oxidation sites excluding steroid dienone is 3. The Balaban J connectivity index is 1.44. The molecule has 0 atom stereocenters. The molecular formula is C36H29BN4O2. The molecule has 1 aliphatic heterocycles. The van der Waals surface area contributed by atoms with Gasteiger partial charge in [-0.05, 0) is 70.2 Å². The summed E-state index contributed by atoms with van der Waals surface area (Å²) in [7, 11) is 6.84. The van der Waals surface area contributed by atoms with Crippen LogP contribution in [0.1, 0.15) is 71.4 Å². The maximum atomic E-state index is 13.6. The van der Waals surface area contributed by atoms with E-state index in [1.54, 1.807) is 29.4 Å². The van der Waals surface area contributed by atoms with Crippen molar-refractivity contribution < 1.29 is 9.59 Å². The van der Waals surface area contributed by atoms with E-state index in [4.69, 9.17) is 7.98 Å². The van der Waals surface area contributed by atoms with Gasteiger partial charge < -0.3 is 4.81 Å². The lowest BCUT2D eigenvalue weighted by atomic mass is 9.91. The van der Waals surface area contributed by atoms with Crippen LogP contribution in [0.4, 0.5) is 17.1 Å². The van der Waals surface area contributed by atoms with E-state index in [0.29, 0.717) is 16.9 Å². The molecule has 1 aliphatic carbocycles. The molecule has 6 nitrogen and oxygen atoms in total. The van der Waals surface area contributed by atoms with Crippen molar-refractivity contribution >= 4 is 58.4 Å². The monoisotopic (exact) mass is 560 g/mol. The molecule has 208 valence electrons. The molecule has 0 saturated heterocycles. The van der Waals surface area contributed by atoms with Gasteiger partial charge in [-0.25, -0.2) is 0 Å². The molecule has 7 rings (SSSR count). The van der Waals surface area contributed by atoms with E-state index in [1.165, 1.54) is 0 Å². The van der Waals surface area contributed by atoms with Crippen molar-refractivity contribution in [3.63, 3.8) is 0 Å². The molecule has 2 aliphatic rings. The lowest BCUT2D eigenvalue weighted by molar-refractivity contribution is 0.0988. The molecule has 5 aromatic rings. The highest BCUT2D eigenvalue weighted by Gasteiger charge is 2.36. The Hall–Kier alpha value is -5.04. The Bertz CT molecular complexity index is 1980. The van der Waals surface area contributed by atoms with E-state index < -0.39 is 0 Å². The molecule has 0 bridgehead atoms. The molecule has 0 fully saturated rings. The maximum Gasteiger partial charge on any atom is 0.236 e. The number of benzene rings is 4. The highest BCUT2D eigenvalue weighted by molar-refractivity contribution is 6.40. The van der Waals surface area contributed by atoms with Gasteiger partial charge in [-0.2, -0.15) is 0 Å². The summed E-state index contributed by atoms with van der Waals surface area (Å²) in [4.78, 5) is 39.9. The highest BCUT2D eigenvalue weighted by atomic mass is 16.2. The van der Waals surface area contributed by atoms with Crippen LogP contribution in [0.2, 0.25) is 0 Å². The zero-order chi connectivity index (χ0) is 30.0. The summed E-state index contributed by atoms with van der Waals surface area (Å²) in [6.45, 7) is 8.70. The average molecular weight is 560 g/mol. The quantitative estimate of drug-likeness (QED) is 0.126. The number of fused-ring (bicyclic) bond motifs is 4. The van der Waals surface area contributed by atoms with Crippen LogP contribution >= 0.6 is 0 Å². The van der Waals surface area contributed by atoms with Gasteiger partial charge in [0.05, 0.1) is 33.7 Å². The van der Waals surface area contributed by atoms with Crippen molar-refractivity contribution in [1.82, 2.24) is 9.97 Å². The number of carbonyl (C=O) groups is 2. The second kappa shape index (κ2) is 10.1. The fraction of sp³-hybridized carbons (Fsp3) is 0.167. The van der Waals surface area contributed by atoms with E-state index in [9.17, 15) is 9.59 Å². The SMILES string of the molecule is [B]N1/C(=C\C=C2C(=O)c3cc4ccccc4cc3C2=O)N(c2c(C(C)C)cccc2C(C)C)c2cc3nccnc3cc21. The van der Waals surface area contributed by atoms with Gasteiger partial charge in [0.2, 0.25) is 7.98 Å². The third-order valence-corrected chi connectivity index (χ3v) is 8.37. The lowest BCUT2D eigenvalue weighted by Crippen LogP contribution is -2.25. The molecule has 0 spiro atoms. The van der Waals surface area contributed by atoms with Crippen molar-refractivity contribution in [1.29, 1.82) is 0 Å². The molecular weight excluding hydrogens is 531 g/mol. The third kappa shape index (κ3) is 4.18. The second-order valence-electron chi connectivity index (χ2n) is 11.7. The number of anilines is 3. The molecule has 2 radical (unpaired) electrons. The number of aromatic nitrogens is 2. The normalized spacial score (nSPS) is 15.5. The molecule has 1 aromatic heterocycles. The summed E-state index contributed by atoms with van der Waals surface area (Å²) in [5.41, 5.74) is 7.43. The number of nitrogens with zero attached hydrogens (tertiary/aromatic N) is 4. The van der Waals surface area contributed by atoms with Crippen molar-refractivity contribution in [3.8, 4) is 0 Å². The number of hydrogen-bond donors (Lipinski definition) is 0. The van der Waals surface area contributed by atoms with Crippen molar-refractivity contribution in [2.24, 2.45) is 0 Å². The van der Waals surface area contributed by atoms with E-state index >= 15 is 0 Å². The Morgan fingerprint density at radius 2 is 1.23 bits per heavy atom. The molecule has 7 heteroatoms. The fourth-order valence-corrected chi connectivity index (χ4v) is 6.19. The third-order valence-electron chi connectivity index (χ3n) is 8.37. The summed E-state index contributed by atoms with van der Waals surface area (Å²) in [5, 5.41) is 1.85. The first-order valence-electron chi connectivity index (χ1n) is 14.5. The standard InChI is InChI=1S/C36H29BN4O2/c1-20(2)24-10-7-11-25(21(3)4)34(24)40-31-18-29-30(39-15-14-38-29)19-32(31)41(37)33(40)13-12-26-35(42)27-16-22-8-5-6-9-23(22)17-28(27)36(26)43/h5-21H,1-4H3/b33-13-. The minimum Gasteiger partial charge on any atom is -0.382 e. The number of carbonyl (C=O) groups excluding carboxylic acids is 2. The minimum atomic E-state index is -0.280. The molecule has 0 N–H and O–H groups in total. The largest absolute Gasteiger partial charge is 0.382 e. The first-order chi connectivity index (χ1) is 20.7. The van der Waals surface area contributed by atoms with Gasteiger partial charge in [0.15, 0.2) is 11.6 Å². The van der Waals surface area contributed by atoms with Gasteiger partial charge in [0.1, 0.15) is 5.82 Å². The van der Waals surface area contributed by atoms with E-state index in [2.05, 4.69) is 60.8 Å². The summed E-state index contributed by atoms with van der Waals surface area (Å²) >= 11 is 0. The summed E-state index contributed by atoms with van der Waals surface area (Å²) < 4.78 is 0. The first-order valence-corrected chi connectivity index (χ1v) is 14.5. The van der Waals surface area contributed by atoms with E-state index in [0.717, 1.165) is 50.0 Å². The van der Waals surface area contributed by atoms with E-state index in [1.807, 2.05) is 48.5 Å².